The van der Waals surface area contributed by atoms with E-state index in [1.807, 2.05) is 6.92 Å². The van der Waals surface area contributed by atoms with Gasteiger partial charge in [0.05, 0.1) is 18.9 Å². The summed E-state index contributed by atoms with van der Waals surface area (Å²) in [4.78, 5) is 16.6. The molecule has 1 fully saturated rings. The van der Waals surface area contributed by atoms with E-state index < -0.39 is 6.10 Å². The third kappa shape index (κ3) is 3.03. The Morgan fingerprint density at radius 1 is 1.27 bits per heavy atom. The van der Waals surface area contributed by atoms with Crippen molar-refractivity contribution in [2.45, 2.75) is 19.4 Å². The number of morpholine rings is 1. The van der Waals surface area contributed by atoms with Gasteiger partial charge in [-0.2, -0.15) is 0 Å². The highest BCUT2D eigenvalue weighted by molar-refractivity contribution is 6.00. The molecule has 1 saturated heterocycles. The highest BCUT2D eigenvalue weighted by atomic mass is 16.5. The summed E-state index contributed by atoms with van der Waals surface area (Å²) in [6.07, 6.45) is 0.189. The number of fused-ring (bicyclic) bond motifs is 1. The van der Waals surface area contributed by atoms with Crippen LogP contribution in [0.3, 0.4) is 0 Å². The van der Waals surface area contributed by atoms with Crippen LogP contribution in [0.15, 0.2) is 18.2 Å². The van der Waals surface area contributed by atoms with Crippen LogP contribution < -0.4 is 9.64 Å². The summed E-state index contributed by atoms with van der Waals surface area (Å²) in [5.74, 6) is 0.765. The zero-order chi connectivity index (χ0) is 15.5. The minimum Gasteiger partial charge on any atom is -0.508 e. The van der Waals surface area contributed by atoms with E-state index in [0.717, 1.165) is 32.8 Å². The van der Waals surface area contributed by atoms with Gasteiger partial charge >= 0.3 is 0 Å². The first-order chi connectivity index (χ1) is 10.7. The smallest absolute Gasteiger partial charge is 0.268 e. The van der Waals surface area contributed by atoms with Crippen LogP contribution in [0.25, 0.3) is 0 Å². The van der Waals surface area contributed by atoms with Crippen molar-refractivity contribution in [3.63, 3.8) is 0 Å². The van der Waals surface area contributed by atoms with Crippen LogP contribution in [0.4, 0.5) is 5.69 Å². The molecule has 2 heterocycles. The fraction of sp³-hybridized carbons (Fsp3) is 0.562. The molecule has 1 amide bonds. The third-order valence-corrected chi connectivity index (χ3v) is 4.16. The lowest BCUT2D eigenvalue weighted by atomic mass is 10.1. The number of phenolic OH excluding ortho intramolecular Hbond substituents is 1. The van der Waals surface area contributed by atoms with Crippen molar-refractivity contribution >= 4 is 11.6 Å². The number of carbonyl (C=O) groups excluding carboxylic acids is 1. The molecule has 0 radical (unpaired) electrons. The van der Waals surface area contributed by atoms with Crippen LogP contribution in [-0.4, -0.2) is 61.4 Å². The van der Waals surface area contributed by atoms with Crippen molar-refractivity contribution in [2.24, 2.45) is 0 Å². The lowest BCUT2D eigenvalue weighted by Crippen LogP contribution is -2.49. The van der Waals surface area contributed by atoms with Crippen LogP contribution in [0.2, 0.25) is 0 Å². The number of anilines is 1. The lowest BCUT2D eigenvalue weighted by molar-refractivity contribution is -0.126. The Morgan fingerprint density at radius 3 is 2.77 bits per heavy atom. The van der Waals surface area contributed by atoms with Crippen LogP contribution in [0.1, 0.15) is 13.3 Å². The Hall–Kier alpha value is -1.79. The van der Waals surface area contributed by atoms with Crippen molar-refractivity contribution in [3.05, 3.63) is 18.2 Å². The summed E-state index contributed by atoms with van der Waals surface area (Å²) < 4.78 is 11.1. The Bertz CT molecular complexity index is 543. The summed E-state index contributed by atoms with van der Waals surface area (Å²) >= 11 is 0. The molecule has 120 valence electrons. The third-order valence-electron chi connectivity index (χ3n) is 4.16. The van der Waals surface area contributed by atoms with Crippen molar-refractivity contribution in [3.8, 4) is 11.5 Å². The van der Waals surface area contributed by atoms with E-state index in [9.17, 15) is 9.90 Å². The molecule has 6 heteroatoms. The van der Waals surface area contributed by atoms with E-state index in [-0.39, 0.29) is 11.7 Å². The van der Waals surface area contributed by atoms with Gasteiger partial charge in [0.25, 0.3) is 5.91 Å². The monoisotopic (exact) mass is 306 g/mol. The minimum absolute atomic E-state index is 0.0335. The maximum atomic E-state index is 12.6. The first-order valence-corrected chi connectivity index (χ1v) is 7.80. The fourth-order valence-electron chi connectivity index (χ4n) is 2.87. The van der Waals surface area contributed by atoms with Gasteiger partial charge in [-0.05, 0) is 18.6 Å². The number of carbonyl (C=O) groups is 1. The predicted molar refractivity (Wildman–Crippen MR) is 82.4 cm³/mol. The molecular formula is C16H22N2O4. The average molecular weight is 306 g/mol. The lowest BCUT2D eigenvalue weighted by Gasteiger charge is -2.36. The quantitative estimate of drug-likeness (QED) is 0.906. The van der Waals surface area contributed by atoms with Crippen molar-refractivity contribution in [2.75, 3.05) is 44.3 Å². The maximum absolute atomic E-state index is 12.6. The van der Waals surface area contributed by atoms with Crippen LogP contribution in [0.5, 0.6) is 11.5 Å². The number of nitrogens with zero attached hydrogens (tertiary/aromatic N) is 2. The number of rotatable bonds is 4. The summed E-state index contributed by atoms with van der Waals surface area (Å²) in [6.45, 7) is 6.59. The summed E-state index contributed by atoms with van der Waals surface area (Å²) in [6, 6.07) is 4.90. The second-order valence-electron chi connectivity index (χ2n) is 5.61. The van der Waals surface area contributed by atoms with E-state index in [4.69, 9.17) is 9.47 Å². The van der Waals surface area contributed by atoms with E-state index in [1.54, 1.807) is 23.1 Å². The Balaban J connectivity index is 1.77. The van der Waals surface area contributed by atoms with Gasteiger partial charge in [-0.1, -0.05) is 6.92 Å². The largest absolute Gasteiger partial charge is 0.508 e. The molecule has 1 aromatic rings. The Labute approximate surface area is 130 Å². The van der Waals surface area contributed by atoms with Gasteiger partial charge in [-0.3, -0.25) is 9.69 Å². The van der Waals surface area contributed by atoms with E-state index in [2.05, 4.69) is 4.90 Å². The maximum Gasteiger partial charge on any atom is 0.268 e. The van der Waals surface area contributed by atoms with Gasteiger partial charge in [0.2, 0.25) is 0 Å². The molecule has 22 heavy (non-hydrogen) atoms. The molecule has 1 N–H and O–H groups in total. The first kappa shape index (κ1) is 15.1. The molecule has 2 aliphatic heterocycles. The van der Waals surface area contributed by atoms with Gasteiger partial charge in [-0.25, -0.2) is 0 Å². The van der Waals surface area contributed by atoms with Crippen molar-refractivity contribution < 1.29 is 19.4 Å². The summed E-state index contributed by atoms with van der Waals surface area (Å²) in [5, 5.41) is 9.71. The fourth-order valence-corrected chi connectivity index (χ4v) is 2.87. The number of amides is 1. The molecule has 1 unspecified atom stereocenters. The molecule has 0 spiro atoms. The molecule has 6 nitrogen and oxygen atoms in total. The predicted octanol–water partition coefficient (Wildman–Crippen LogP) is 1.23. The molecule has 0 aliphatic carbocycles. The molecule has 0 aromatic heterocycles. The molecule has 2 aliphatic rings. The molecular weight excluding hydrogens is 284 g/mol. The Morgan fingerprint density at radius 2 is 2.05 bits per heavy atom. The van der Waals surface area contributed by atoms with Crippen molar-refractivity contribution in [1.82, 2.24) is 4.90 Å². The van der Waals surface area contributed by atoms with E-state index >= 15 is 0 Å². The topological polar surface area (TPSA) is 62.2 Å². The highest BCUT2D eigenvalue weighted by Gasteiger charge is 2.33. The van der Waals surface area contributed by atoms with Crippen LogP contribution in [0, 0.1) is 0 Å². The van der Waals surface area contributed by atoms with Gasteiger partial charge in [0, 0.05) is 32.2 Å². The zero-order valence-corrected chi connectivity index (χ0v) is 12.8. The minimum atomic E-state index is -0.443. The number of ether oxygens (including phenoxy) is 2. The number of hydrogen-bond acceptors (Lipinski definition) is 5. The number of aromatic hydroxyl groups is 1. The standard InChI is InChI=1S/C16H22N2O4/c1-2-14-16(20)18(6-5-17-7-9-21-10-8-17)13-11-12(19)3-4-15(13)22-14/h3-4,11,14,19H,2,5-10H2,1H3. The molecule has 1 aromatic carbocycles. The summed E-state index contributed by atoms with van der Waals surface area (Å²) in [7, 11) is 0. The average Bonchev–Trinajstić information content (AvgIpc) is 2.54. The summed E-state index contributed by atoms with van der Waals surface area (Å²) in [5.41, 5.74) is 0.656. The SMILES string of the molecule is CCC1Oc2ccc(O)cc2N(CCN2CCOCC2)C1=O. The molecule has 0 saturated carbocycles. The molecule has 3 rings (SSSR count). The number of hydrogen-bond donors (Lipinski definition) is 1. The number of benzene rings is 1. The van der Waals surface area contributed by atoms with Gasteiger partial charge in [-0.15, -0.1) is 0 Å². The Kier molecular flexibility index (Phi) is 4.49. The van der Waals surface area contributed by atoms with E-state index in [0.29, 0.717) is 24.4 Å². The normalized spacial score (nSPS) is 22.3. The van der Waals surface area contributed by atoms with Crippen molar-refractivity contribution in [1.29, 1.82) is 0 Å². The zero-order valence-electron chi connectivity index (χ0n) is 12.8. The first-order valence-electron chi connectivity index (χ1n) is 7.80. The van der Waals surface area contributed by atoms with E-state index in [1.165, 1.54) is 0 Å². The second-order valence-corrected chi connectivity index (χ2v) is 5.61. The highest BCUT2D eigenvalue weighted by Crippen LogP contribution is 2.37. The molecule has 0 bridgehead atoms. The van der Waals surface area contributed by atoms with Gasteiger partial charge in [0.15, 0.2) is 6.10 Å². The number of phenols is 1. The molecule has 1 atom stereocenters. The second kappa shape index (κ2) is 6.54. The van der Waals surface area contributed by atoms with Gasteiger partial charge < -0.3 is 19.5 Å². The van der Waals surface area contributed by atoms with Gasteiger partial charge in [0.1, 0.15) is 11.5 Å². The van der Waals surface area contributed by atoms with Crippen LogP contribution >= 0.6 is 0 Å². The van der Waals surface area contributed by atoms with Crippen LogP contribution in [-0.2, 0) is 9.53 Å².